The van der Waals surface area contributed by atoms with Gasteiger partial charge in [0.2, 0.25) is 0 Å². The topological polar surface area (TPSA) is 0 Å². The van der Waals surface area contributed by atoms with E-state index in [1.165, 1.54) is 18.1 Å². The number of hydrogen-bond donors (Lipinski definition) is 0. The van der Waals surface area contributed by atoms with Crippen LogP contribution in [-0.4, -0.2) is 29.4 Å². The van der Waals surface area contributed by atoms with E-state index in [-0.39, 0.29) is 0 Å². The van der Waals surface area contributed by atoms with Gasteiger partial charge >= 0.3 is 0 Å². The number of allylic oxidation sites excluding steroid dienone is 4. The zero-order chi connectivity index (χ0) is 17.1. The van der Waals surface area contributed by atoms with E-state index in [1.54, 1.807) is 28.3 Å². The summed E-state index contributed by atoms with van der Waals surface area (Å²) in [5, 5.41) is 0. The molecule has 1 unspecified atom stereocenters. The zero-order valence-corrected chi connectivity index (χ0v) is 20.8. The number of hydrogen-bond acceptors (Lipinski definition) is 0. The highest BCUT2D eigenvalue weighted by molar-refractivity contribution is 7.83. The summed E-state index contributed by atoms with van der Waals surface area (Å²) in [4.78, 5) is 0. The van der Waals surface area contributed by atoms with Crippen molar-refractivity contribution in [2.75, 3.05) is 0 Å². The molecule has 0 saturated carbocycles. The molecule has 0 saturated heterocycles. The Hall–Kier alpha value is 0.348. The molecule has 22 heavy (non-hydrogen) atoms. The molecule has 0 nitrogen and oxygen atoms in total. The molecule has 0 aromatic rings. The molecule has 4 heteroatoms. The average Bonchev–Trinajstić information content (AvgIpc) is 2.61. The van der Waals surface area contributed by atoms with Gasteiger partial charge in [-0.25, -0.2) is 0 Å². The third kappa shape index (κ3) is 2.49. The van der Waals surface area contributed by atoms with Gasteiger partial charge in [0.1, 0.15) is 0 Å². The van der Waals surface area contributed by atoms with Crippen LogP contribution in [0.1, 0.15) is 27.7 Å². The molecule has 0 bridgehead atoms. The molecule has 0 aliphatic carbocycles. The fraction of sp³-hybridized carbons (Fsp3) is 0.778. The van der Waals surface area contributed by atoms with E-state index in [4.69, 9.17) is 0 Å². The quantitative estimate of drug-likeness (QED) is 0.386. The van der Waals surface area contributed by atoms with E-state index >= 15 is 0 Å². The molecule has 2 heterocycles. The van der Waals surface area contributed by atoms with Crippen LogP contribution < -0.4 is 0 Å². The van der Waals surface area contributed by atoms with E-state index in [0.29, 0.717) is 0 Å². The monoisotopic (exact) mass is 366 g/mol. The fourth-order valence-corrected chi connectivity index (χ4v) is 84.2. The molecule has 2 aliphatic heterocycles. The molecular formula is C18H38Si4. The smallest absolute Gasteiger partial charge is 0.0494 e. The van der Waals surface area contributed by atoms with E-state index in [1.807, 2.05) is 0 Å². The van der Waals surface area contributed by atoms with Gasteiger partial charge in [-0.15, -0.1) is 0 Å². The van der Waals surface area contributed by atoms with Crippen molar-refractivity contribution >= 4 is 29.4 Å². The van der Waals surface area contributed by atoms with E-state index < -0.39 is 29.4 Å². The Balaban J connectivity index is 2.49. The molecular weight excluding hydrogens is 329 g/mol. The maximum atomic E-state index is 2.88. The Morgan fingerprint density at radius 3 is 1.45 bits per heavy atom. The van der Waals surface area contributed by atoms with Gasteiger partial charge in [-0.05, 0) is 51.9 Å². The molecule has 0 aromatic heterocycles. The lowest BCUT2D eigenvalue weighted by atomic mass is 10.2. The maximum Gasteiger partial charge on any atom is 0.0494 e. The standard InChI is InChI=1S/C18H38Si4/c1-15-11-19(5,6)22(10,14-18(15)4)20(7,8)21(9)12-16(2)17(3)13-21/h11-14H2,1-10H3. The molecule has 126 valence electrons. The van der Waals surface area contributed by atoms with Crippen LogP contribution >= 0.6 is 0 Å². The highest BCUT2D eigenvalue weighted by atomic mass is 29.8. The highest BCUT2D eigenvalue weighted by Crippen LogP contribution is 2.50. The van der Waals surface area contributed by atoms with Gasteiger partial charge in [-0.3, -0.25) is 0 Å². The summed E-state index contributed by atoms with van der Waals surface area (Å²) in [7, 11) is -4.47. The van der Waals surface area contributed by atoms with Crippen molar-refractivity contribution in [1.29, 1.82) is 0 Å². The molecule has 0 spiro atoms. The summed E-state index contributed by atoms with van der Waals surface area (Å²) < 4.78 is 0. The lowest BCUT2D eigenvalue weighted by Crippen LogP contribution is -2.81. The van der Waals surface area contributed by atoms with Gasteiger partial charge < -0.3 is 0 Å². The van der Waals surface area contributed by atoms with Gasteiger partial charge in [-0.2, -0.15) is 0 Å². The summed E-state index contributed by atoms with van der Waals surface area (Å²) in [5.74, 6) is 0. The van der Waals surface area contributed by atoms with Crippen LogP contribution in [0.4, 0.5) is 0 Å². The van der Waals surface area contributed by atoms with Crippen LogP contribution in [0, 0.1) is 0 Å². The van der Waals surface area contributed by atoms with Gasteiger partial charge in [0, 0.05) is 29.4 Å². The first-order chi connectivity index (χ1) is 9.77. The van der Waals surface area contributed by atoms with Crippen molar-refractivity contribution in [3.8, 4) is 0 Å². The van der Waals surface area contributed by atoms with Crippen LogP contribution in [0.2, 0.25) is 63.5 Å². The summed E-state index contributed by atoms with van der Waals surface area (Å²) in [6.07, 6.45) is 0. The van der Waals surface area contributed by atoms with Crippen molar-refractivity contribution in [3.63, 3.8) is 0 Å². The second-order valence-corrected chi connectivity index (χ2v) is 49.3. The first-order valence-corrected chi connectivity index (χ1v) is 23.9. The second kappa shape index (κ2) is 5.43. The molecule has 0 aromatic carbocycles. The second-order valence-electron chi connectivity index (χ2n) is 10.2. The molecule has 0 N–H and O–H groups in total. The van der Waals surface area contributed by atoms with E-state index in [9.17, 15) is 0 Å². The van der Waals surface area contributed by atoms with E-state index in [2.05, 4.69) is 67.0 Å². The van der Waals surface area contributed by atoms with Gasteiger partial charge in [0.05, 0.1) is 0 Å². The first-order valence-electron chi connectivity index (χ1n) is 9.08. The SMILES string of the molecule is CC1=C(C)C[Si](C)([Si](C)(C)[Si]2(C)CC(C)=C(C)C2)[Si](C)(C)C1. The fourth-order valence-electron chi connectivity index (χ4n) is 5.64. The van der Waals surface area contributed by atoms with Gasteiger partial charge in [0.15, 0.2) is 0 Å². The third-order valence-electron chi connectivity index (χ3n) is 8.48. The minimum atomic E-state index is -1.14. The van der Waals surface area contributed by atoms with Gasteiger partial charge in [-0.1, -0.05) is 61.6 Å². The molecule has 0 radical (unpaired) electrons. The molecule has 0 amide bonds. The van der Waals surface area contributed by atoms with Crippen molar-refractivity contribution in [2.45, 2.75) is 91.2 Å². The first kappa shape index (κ1) is 18.7. The molecule has 1 atom stereocenters. The van der Waals surface area contributed by atoms with Gasteiger partial charge in [0.25, 0.3) is 0 Å². The Kier molecular flexibility index (Phi) is 4.61. The number of rotatable bonds is 2. The van der Waals surface area contributed by atoms with Crippen LogP contribution in [0.25, 0.3) is 0 Å². The highest BCUT2D eigenvalue weighted by Gasteiger charge is 2.63. The minimum Gasteiger partial charge on any atom is -0.0778 e. The van der Waals surface area contributed by atoms with Crippen molar-refractivity contribution in [3.05, 3.63) is 22.3 Å². The van der Waals surface area contributed by atoms with Crippen molar-refractivity contribution in [2.24, 2.45) is 0 Å². The summed E-state index contributed by atoms with van der Waals surface area (Å²) in [5.41, 5.74) is 7.09. The zero-order valence-electron chi connectivity index (χ0n) is 16.8. The largest absolute Gasteiger partial charge is 0.0778 e. The average molecular weight is 367 g/mol. The Morgan fingerprint density at radius 1 is 0.636 bits per heavy atom. The summed E-state index contributed by atoms with van der Waals surface area (Å²) >= 11 is 0. The predicted molar refractivity (Wildman–Crippen MR) is 114 cm³/mol. The van der Waals surface area contributed by atoms with Crippen molar-refractivity contribution < 1.29 is 0 Å². The van der Waals surface area contributed by atoms with E-state index in [0.717, 1.165) is 0 Å². The Morgan fingerprint density at radius 2 is 1.00 bits per heavy atom. The predicted octanol–water partition coefficient (Wildman–Crippen LogP) is 6.50. The van der Waals surface area contributed by atoms with Crippen molar-refractivity contribution in [1.82, 2.24) is 0 Å². The molecule has 2 rings (SSSR count). The Labute approximate surface area is 142 Å². The maximum absolute atomic E-state index is 2.88. The third-order valence-corrected chi connectivity index (χ3v) is 75.8. The van der Waals surface area contributed by atoms with Crippen LogP contribution in [-0.2, 0) is 0 Å². The summed E-state index contributed by atoms with van der Waals surface area (Å²) in [6, 6.07) is 6.13. The lowest BCUT2D eigenvalue weighted by molar-refractivity contribution is 1.16. The molecule has 0 fully saturated rings. The normalized spacial score (nSPS) is 31.9. The summed E-state index contributed by atoms with van der Waals surface area (Å²) in [6.45, 7) is 26.7. The minimum absolute atomic E-state index is 1.08. The molecule has 2 aliphatic rings. The lowest BCUT2D eigenvalue weighted by Gasteiger charge is -2.59. The van der Waals surface area contributed by atoms with Crippen LogP contribution in [0.5, 0.6) is 0 Å². The Bertz CT molecular complexity index is 539. The van der Waals surface area contributed by atoms with Crippen LogP contribution in [0.15, 0.2) is 22.3 Å². The van der Waals surface area contributed by atoms with Crippen LogP contribution in [0.3, 0.4) is 0 Å².